The molecule has 2 N–H and O–H groups in total. The Morgan fingerprint density at radius 2 is 1.68 bits per heavy atom. The highest BCUT2D eigenvalue weighted by Gasteiger charge is 2.04. The number of hydrogen-bond donors (Lipinski definition) is 2. The molecule has 4 nitrogen and oxygen atoms in total. The number of phenols is 1. The molecular formula is C18H28N2O2. The number of unbranched alkanes of at least 4 members (excludes halogenated alkanes) is 5. The quantitative estimate of drug-likeness (QED) is 0.383. The average Bonchev–Trinajstić information content (AvgIpc) is 2.53. The molecule has 4 heteroatoms. The third kappa shape index (κ3) is 7.25. The fourth-order valence-corrected chi connectivity index (χ4v) is 2.25. The summed E-state index contributed by atoms with van der Waals surface area (Å²) < 4.78 is 0. The second-order valence-corrected chi connectivity index (χ2v) is 5.51. The van der Waals surface area contributed by atoms with Crippen LogP contribution < -0.4 is 5.43 Å². The van der Waals surface area contributed by atoms with E-state index < -0.39 is 0 Å². The first-order chi connectivity index (χ1) is 10.7. The van der Waals surface area contributed by atoms with Crippen molar-refractivity contribution in [3.05, 3.63) is 29.8 Å². The number of hydrogen-bond acceptors (Lipinski definition) is 3. The number of phenolic OH excluding ortho intramolecular Hbond substituents is 1. The van der Waals surface area contributed by atoms with Crippen LogP contribution in [0.3, 0.4) is 0 Å². The van der Waals surface area contributed by atoms with Gasteiger partial charge in [0.05, 0.1) is 5.71 Å². The highest BCUT2D eigenvalue weighted by atomic mass is 16.3. The van der Waals surface area contributed by atoms with E-state index in [1.807, 2.05) is 6.92 Å². The lowest BCUT2D eigenvalue weighted by Gasteiger charge is -2.05. The second-order valence-electron chi connectivity index (χ2n) is 5.51. The predicted octanol–water partition coefficient (Wildman–Crippen LogP) is 4.37. The van der Waals surface area contributed by atoms with Crippen LogP contribution in [0.1, 0.15) is 70.8 Å². The van der Waals surface area contributed by atoms with E-state index in [-0.39, 0.29) is 11.7 Å². The van der Waals surface area contributed by atoms with Gasteiger partial charge in [0, 0.05) is 6.42 Å². The molecule has 0 spiro atoms. The van der Waals surface area contributed by atoms with Crippen LogP contribution in [0.15, 0.2) is 29.4 Å². The maximum atomic E-state index is 11.8. The molecule has 0 unspecified atom stereocenters. The van der Waals surface area contributed by atoms with Crippen molar-refractivity contribution in [2.75, 3.05) is 0 Å². The van der Waals surface area contributed by atoms with E-state index in [1.165, 1.54) is 25.7 Å². The van der Waals surface area contributed by atoms with Crippen LogP contribution in [0.25, 0.3) is 0 Å². The van der Waals surface area contributed by atoms with Gasteiger partial charge in [-0.05, 0) is 42.7 Å². The van der Waals surface area contributed by atoms with E-state index >= 15 is 0 Å². The van der Waals surface area contributed by atoms with Crippen molar-refractivity contribution in [1.82, 2.24) is 5.43 Å². The molecule has 1 aromatic carbocycles. The molecule has 0 aromatic heterocycles. The molecule has 0 aliphatic heterocycles. The minimum atomic E-state index is -0.0276. The first-order valence-corrected chi connectivity index (χ1v) is 8.32. The maximum Gasteiger partial charge on any atom is 0.240 e. The number of hydrazone groups is 1. The second kappa shape index (κ2) is 10.8. The Labute approximate surface area is 133 Å². The molecule has 22 heavy (non-hydrogen) atoms. The summed E-state index contributed by atoms with van der Waals surface area (Å²) in [5.74, 6) is 0.200. The molecule has 0 aliphatic rings. The fourth-order valence-electron chi connectivity index (χ4n) is 2.25. The van der Waals surface area contributed by atoms with E-state index in [4.69, 9.17) is 0 Å². The standard InChI is InChI=1S/C18H28N2O2/c1-3-5-6-7-8-9-10-18(22)20-19-17(4-2)15-11-13-16(21)14-12-15/h11-14,21H,3-10H2,1-2H3,(H,20,22). The molecular weight excluding hydrogens is 276 g/mol. The van der Waals surface area contributed by atoms with Crippen LogP contribution in [0.2, 0.25) is 0 Å². The number of nitrogens with one attached hydrogen (secondary N) is 1. The molecule has 0 aliphatic carbocycles. The van der Waals surface area contributed by atoms with E-state index in [0.29, 0.717) is 6.42 Å². The maximum absolute atomic E-state index is 11.8. The van der Waals surface area contributed by atoms with Crippen LogP contribution in [-0.2, 0) is 4.79 Å². The monoisotopic (exact) mass is 304 g/mol. The van der Waals surface area contributed by atoms with Crippen LogP contribution in [0, 0.1) is 0 Å². The van der Waals surface area contributed by atoms with Crippen molar-refractivity contribution in [3.8, 4) is 5.75 Å². The summed E-state index contributed by atoms with van der Waals surface area (Å²) in [7, 11) is 0. The SMILES string of the molecule is CCCCCCCCC(=O)NN=C(CC)c1ccc(O)cc1. The normalized spacial score (nSPS) is 11.5. The van der Waals surface area contributed by atoms with Crippen molar-refractivity contribution < 1.29 is 9.90 Å². The number of carbonyl (C=O) groups excluding carboxylic acids is 1. The topological polar surface area (TPSA) is 61.7 Å². The molecule has 1 rings (SSSR count). The molecule has 0 fully saturated rings. The van der Waals surface area contributed by atoms with Gasteiger partial charge >= 0.3 is 0 Å². The highest BCUT2D eigenvalue weighted by molar-refractivity contribution is 6.00. The summed E-state index contributed by atoms with van der Waals surface area (Å²) in [6.07, 6.45) is 8.27. The predicted molar refractivity (Wildman–Crippen MR) is 91.1 cm³/mol. The summed E-state index contributed by atoms with van der Waals surface area (Å²) in [5, 5.41) is 13.5. The van der Waals surface area contributed by atoms with E-state index in [0.717, 1.165) is 30.5 Å². The molecule has 0 saturated carbocycles. The van der Waals surface area contributed by atoms with Crippen LogP contribution in [0.5, 0.6) is 5.75 Å². The van der Waals surface area contributed by atoms with Gasteiger partial charge in [-0.25, -0.2) is 5.43 Å². The lowest BCUT2D eigenvalue weighted by atomic mass is 10.1. The molecule has 122 valence electrons. The lowest BCUT2D eigenvalue weighted by Crippen LogP contribution is -2.19. The highest BCUT2D eigenvalue weighted by Crippen LogP contribution is 2.12. The Hall–Kier alpha value is -1.84. The molecule has 0 radical (unpaired) electrons. The zero-order valence-electron chi connectivity index (χ0n) is 13.8. The fraction of sp³-hybridized carbons (Fsp3) is 0.556. The van der Waals surface area contributed by atoms with Crippen LogP contribution in [0.4, 0.5) is 0 Å². The molecule has 0 atom stereocenters. The zero-order valence-corrected chi connectivity index (χ0v) is 13.8. The van der Waals surface area contributed by atoms with Crippen LogP contribution in [-0.4, -0.2) is 16.7 Å². The van der Waals surface area contributed by atoms with Crippen molar-refractivity contribution in [1.29, 1.82) is 0 Å². The van der Waals surface area contributed by atoms with Gasteiger partial charge in [0.2, 0.25) is 5.91 Å². The number of amides is 1. The summed E-state index contributed by atoms with van der Waals surface area (Å²) in [6, 6.07) is 6.85. The molecule has 0 saturated heterocycles. The first-order valence-electron chi connectivity index (χ1n) is 8.32. The van der Waals surface area contributed by atoms with Crippen molar-refractivity contribution in [2.24, 2.45) is 5.10 Å². The zero-order chi connectivity index (χ0) is 16.2. The largest absolute Gasteiger partial charge is 0.508 e. The Balaban J connectivity index is 2.34. The van der Waals surface area contributed by atoms with Crippen molar-refractivity contribution >= 4 is 11.6 Å². The number of aromatic hydroxyl groups is 1. The molecule has 0 bridgehead atoms. The number of benzene rings is 1. The van der Waals surface area contributed by atoms with E-state index in [2.05, 4.69) is 17.5 Å². The summed E-state index contributed by atoms with van der Waals surface area (Å²) in [4.78, 5) is 11.8. The Bertz CT molecular complexity index is 466. The van der Waals surface area contributed by atoms with Gasteiger partial charge in [0.25, 0.3) is 0 Å². The lowest BCUT2D eigenvalue weighted by molar-refractivity contribution is -0.121. The van der Waals surface area contributed by atoms with E-state index in [1.54, 1.807) is 24.3 Å². The van der Waals surface area contributed by atoms with Crippen molar-refractivity contribution in [2.45, 2.75) is 65.2 Å². The summed E-state index contributed by atoms with van der Waals surface area (Å²) in [6.45, 7) is 4.19. The number of rotatable bonds is 10. The van der Waals surface area contributed by atoms with Gasteiger partial charge in [-0.15, -0.1) is 0 Å². The third-order valence-electron chi connectivity index (χ3n) is 3.61. The molecule has 0 heterocycles. The minimum absolute atomic E-state index is 0.0276. The Morgan fingerprint density at radius 3 is 2.32 bits per heavy atom. The number of carbonyl (C=O) groups is 1. The summed E-state index contributed by atoms with van der Waals surface area (Å²) >= 11 is 0. The molecule has 1 amide bonds. The average molecular weight is 304 g/mol. The van der Waals surface area contributed by atoms with E-state index in [9.17, 15) is 9.90 Å². The summed E-state index contributed by atoms with van der Waals surface area (Å²) in [5.41, 5.74) is 4.37. The Kier molecular flexibility index (Phi) is 8.96. The van der Waals surface area contributed by atoms with Gasteiger partial charge in [0.1, 0.15) is 5.75 Å². The first kappa shape index (κ1) is 18.2. The third-order valence-corrected chi connectivity index (χ3v) is 3.61. The minimum Gasteiger partial charge on any atom is -0.508 e. The van der Waals surface area contributed by atoms with Gasteiger partial charge in [-0.3, -0.25) is 4.79 Å². The molecule has 1 aromatic rings. The smallest absolute Gasteiger partial charge is 0.240 e. The number of nitrogens with zero attached hydrogens (tertiary/aromatic N) is 1. The van der Waals surface area contributed by atoms with Crippen molar-refractivity contribution in [3.63, 3.8) is 0 Å². The van der Waals surface area contributed by atoms with Crippen LogP contribution >= 0.6 is 0 Å². The van der Waals surface area contributed by atoms with Gasteiger partial charge < -0.3 is 5.11 Å². The Morgan fingerprint density at radius 1 is 1.05 bits per heavy atom. The van der Waals surface area contributed by atoms with Gasteiger partial charge in [0.15, 0.2) is 0 Å². The van der Waals surface area contributed by atoms with Gasteiger partial charge in [-0.1, -0.05) is 46.0 Å². The van der Waals surface area contributed by atoms with Gasteiger partial charge in [-0.2, -0.15) is 5.10 Å².